The lowest BCUT2D eigenvalue weighted by Crippen LogP contribution is -2.52. The van der Waals surface area contributed by atoms with Crippen LogP contribution in [0, 0.1) is 0 Å². The highest BCUT2D eigenvalue weighted by Gasteiger charge is 2.27. The molecule has 1 N–H and O–H groups in total. The van der Waals surface area contributed by atoms with Crippen molar-refractivity contribution in [2.75, 3.05) is 59.0 Å². The lowest BCUT2D eigenvalue weighted by atomic mass is 10.2. The van der Waals surface area contributed by atoms with Gasteiger partial charge in [0.1, 0.15) is 0 Å². The molecular formula is C15H27N3O4. The first-order chi connectivity index (χ1) is 10.6. The van der Waals surface area contributed by atoms with Crippen LogP contribution < -0.4 is 0 Å². The van der Waals surface area contributed by atoms with Crippen LogP contribution in [-0.2, 0) is 14.3 Å². The zero-order chi connectivity index (χ0) is 15.9. The number of piperazine rings is 1. The summed E-state index contributed by atoms with van der Waals surface area (Å²) in [5.41, 5.74) is 0. The molecule has 0 bridgehead atoms. The largest absolute Gasteiger partial charge is 0.389 e. The van der Waals surface area contributed by atoms with Gasteiger partial charge in [0.15, 0.2) is 0 Å². The van der Waals surface area contributed by atoms with Gasteiger partial charge in [-0.25, -0.2) is 0 Å². The lowest BCUT2D eigenvalue weighted by Gasteiger charge is -2.36. The Morgan fingerprint density at radius 2 is 2.00 bits per heavy atom. The molecule has 2 aliphatic rings. The summed E-state index contributed by atoms with van der Waals surface area (Å²) in [7, 11) is 0. The predicted molar refractivity (Wildman–Crippen MR) is 81.3 cm³/mol. The van der Waals surface area contributed by atoms with Gasteiger partial charge in [-0.2, -0.15) is 0 Å². The molecule has 7 nitrogen and oxygen atoms in total. The van der Waals surface area contributed by atoms with Crippen LogP contribution in [0.2, 0.25) is 0 Å². The van der Waals surface area contributed by atoms with Crippen LogP contribution in [0.3, 0.4) is 0 Å². The molecule has 0 unspecified atom stereocenters. The predicted octanol–water partition coefficient (Wildman–Crippen LogP) is -0.850. The first-order valence-electron chi connectivity index (χ1n) is 8.14. The van der Waals surface area contributed by atoms with E-state index in [1.807, 2.05) is 11.8 Å². The van der Waals surface area contributed by atoms with Gasteiger partial charge in [0, 0.05) is 52.3 Å². The first kappa shape index (κ1) is 17.2. The number of hydrogen-bond donors (Lipinski definition) is 1. The van der Waals surface area contributed by atoms with Gasteiger partial charge in [0.25, 0.3) is 0 Å². The molecule has 2 saturated heterocycles. The Kier molecular flexibility index (Phi) is 6.60. The maximum Gasteiger partial charge on any atom is 0.242 e. The molecule has 22 heavy (non-hydrogen) atoms. The number of ether oxygens (including phenoxy) is 1. The Bertz CT molecular complexity index is 383. The molecule has 0 saturated carbocycles. The maximum atomic E-state index is 12.2. The molecule has 0 aromatic rings. The number of β-amino-alcohol motifs (C(OH)–C–C–N with tert-alkyl or cyclic N) is 1. The summed E-state index contributed by atoms with van der Waals surface area (Å²) >= 11 is 0. The van der Waals surface area contributed by atoms with Gasteiger partial charge in [-0.1, -0.05) is 0 Å². The molecule has 0 spiro atoms. The summed E-state index contributed by atoms with van der Waals surface area (Å²) in [6.45, 7) is 7.17. The minimum Gasteiger partial charge on any atom is -0.389 e. The summed E-state index contributed by atoms with van der Waals surface area (Å²) in [4.78, 5) is 29.4. The highest BCUT2D eigenvalue weighted by molar-refractivity contribution is 5.85. The van der Waals surface area contributed by atoms with Crippen molar-refractivity contribution in [1.82, 2.24) is 14.7 Å². The lowest BCUT2D eigenvalue weighted by molar-refractivity contribution is -0.139. The number of carbonyl (C=O) groups excluding carboxylic acids is 2. The molecule has 2 fully saturated rings. The number of amides is 2. The van der Waals surface area contributed by atoms with E-state index in [0.717, 1.165) is 19.5 Å². The average molecular weight is 313 g/mol. The van der Waals surface area contributed by atoms with Crippen molar-refractivity contribution in [3.8, 4) is 0 Å². The second kappa shape index (κ2) is 8.45. The molecule has 0 aliphatic carbocycles. The number of aliphatic hydroxyl groups excluding tert-OH is 1. The van der Waals surface area contributed by atoms with E-state index < -0.39 is 6.10 Å². The zero-order valence-corrected chi connectivity index (χ0v) is 13.4. The van der Waals surface area contributed by atoms with Crippen molar-refractivity contribution >= 4 is 11.8 Å². The molecule has 0 aromatic carbocycles. The molecule has 2 aliphatic heterocycles. The molecular weight excluding hydrogens is 286 g/mol. The highest BCUT2D eigenvalue weighted by atomic mass is 16.5. The molecule has 2 rings (SSSR count). The van der Waals surface area contributed by atoms with Crippen LogP contribution in [0.25, 0.3) is 0 Å². The molecule has 126 valence electrons. The summed E-state index contributed by atoms with van der Waals surface area (Å²) < 4.78 is 5.20. The first-order valence-corrected chi connectivity index (χ1v) is 8.14. The minimum absolute atomic E-state index is 0.0322. The highest BCUT2D eigenvalue weighted by Crippen LogP contribution is 2.11. The molecule has 2 amide bonds. The van der Waals surface area contributed by atoms with Crippen LogP contribution in [0.5, 0.6) is 0 Å². The van der Waals surface area contributed by atoms with E-state index >= 15 is 0 Å². The van der Waals surface area contributed by atoms with Gasteiger partial charge in [0.05, 0.1) is 19.3 Å². The van der Waals surface area contributed by atoms with Crippen molar-refractivity contribution < 1.29 is 19.4 Å². The average Bonchev–Trinajstić information content (AvgIpc) is 2.91. The standard InChI is InChI=1S/C15H27N3O4/c1-2-22-12-13(19)10-16-6-8-17(9-7-16)15(21)11-18-5-3-4-14(18)20/h13,19H,2-12H2,1H3/t13-/m1/s1. The molecule has 1 atom stereocenters. The minimum atomic E-state index is -0.482. The van der Waals surface area contributed by atoms with Crippen molar-refractivity contribution in [2.45, 2.75) is 25.9 Å². The Morgan fingerprint density at radius 3 is 2.59 bits per heavy atom. The third kappa shape index (κ3) is 4.93. The van der Waals surface area contributed by atoms with Gasteiger partial charge in [-0.3, -0.25) is 14.5 Å². The number of carbonyl (C=O) groups is 2. The summed E-state index contributed by atoms with van der Waals surface area (Å²) in [6.07, 6.45) is 0.945. The number of hydrogen-bond acceptors (Lipinski definition) is 5. The van der Waals surface area contributed by atoms with Gasteiger partial charge in [-0.05, 0) is 13.3 Å². The summed E-state index contributed by atoms with van der Waals surface area (Å²) in [6, 6.07) is 0. The van der Waals surface area contributed by atoms with Gasteiger partial charge in [0.2, 0.25) is 11.8 Å². The summed E-state index contributed by atoms with van der Waals surface area (Å²) in [5.74, 6) is 0.121. The van der Waals surface area contributed by atoms with E-state index in [4.69, 9.17) is 4.74 Å². The van der Waals surface area contributed by atoms with Crippen molar-refractivity contribution in [2.24, 2.45) is 0 Å². The third-order valence-electron chi connectivity index (χ3n) is 4.21. The normalized spacial score (nSPS) is 21.5. The fourth-order valence-corrected chi connectivity index (χ4v) is 2.92. The second-order valence-corrected chi connectivity index (χ2v) is 5.91. The van der Waals surface area contributed by atoms with E-state index in [2.05, 4.69) is 4.90 Å². The molecule has 0 aromatic heterocycles. The SMILES string of the molecule is CCOC[C@H](O)CN1CCN(C(=O)CN2CCCC2=O)CC1. The van der Waals surface area contributed by atoms with E-state index in [-0.39, 0.29) is 18.4 Å². The zero-order valence-electron chi connectivity index (χ0n) is 13.4. The Morgan fingerprint density at radius 1 is 1.27 bits per heavy atom. The summed E-state index contributed by atoms with van der Waals surface area (Å²) in [5, 5.41) is 9.84. The molecule has 2 heterocycles. The molecule has 0 radical (unpaired) electrons. The van der Waals surface area contributed by atoms with Gasteiger partial charge >= 0.3 is 0 Å². The van der Waals surface area contributed by atoms with E-state index in [9.17, 15) is 14.7 Å². The second-order valence-electron chi connectivity index (χ2n) is 5.91. The topological polar surface area (TPSA) is 73.3 Å². The van der Waals surface area contributed by atoms with E-state index in [0.29, 0.717) is 45.8 Å². The van der Waals surface area contributed by atoms with Crippen molar-refractivity contribution in [3.05, 3.63) is 0 Å². The fourth-order valence-electron chi connectivity index (χ4n) is 2.92. The number of nitrogens with zero attached hydrogens (tertiary/aromatic N) is 3. The van der Waals surface area contributed by atoms with Crippen LogP contribution >= 0.6 is 0 Å². The van der Waals surface area contributed by atoms with Crippen molar-refractivity contribution in [1.29, 1.82) is 0 Å². The smallest absolute Gasteiger partial charge is 0.242 e. The molecule has 7 heteroatoms. The Labute approximate surface area is 131 Å². The fraction of sp³-hybridized carbons (Fsp3) is 0.867. The Balaban J connectivity index is 1.67. The monoisotopic (exact) mass is 313 g/mol. The van der Waals surface area contributed by atoms with Gasteiger partial charge < -0.3 is 19.6 Å². The maximum absolute atomic E-state index is 12.2. The Hall–Kier alpha value is -1.18. The number of rotatable bonds is 7. The quantitative estimate of drug-likeness (QED) is 0.663. The van der Waals surface area contributed by atoms with E-state index in [1.54, 1.807) is 4.90 Å². The van der Waals surface area contributed by atoms with Crippen LogP contribution in [-0.4, -0.2) is 96.8 Å². The van der Waals surface area contributed by atoms with Crippen LogP contribution in [0.15, 0.2) is 0 Å². The van der Waals surface area contributed by atoms with Crippen LogP contribution in [0.4, 0.5) is 0 Å². The van der Waals surface area contributed by atoms with Crippen molar-refractivity contribution in [3.63, 3.8) is 0 Å². The third-order valence-corrected chi connectivity index (χ3v) is 4.21. The van der Waals surface area contributed by atoms with Gasteiger partial charge in [-0.15, -0.1) is 0 Å². The van der Waals surface area contributed by atoms with Crippen LogP contribution in [0.1, 0.15) is 19.8 Å². The number of likely N-dealkylation sites (tertiary alicyclic amines) is 1. The van der Waals surface area contributed by atoms with E-state index in [1.165, 1.54) is 0 Å². The number of aliphatic hydroxyl groups is 1.